The molecule has 0 bridgehead atoms. The number of H-pyrrole nitrogens is 1. The van der Waals surface area contributed by atoms with Crippen LogP contribution in [0.5, 0.6) is 0 Å². The summed E-state index contributed by atoms with van der Waals surface area (Å²) in [5.41, 5.74) is 7.49. The molecule has 2 heterocycles. The molecule has 3 aromatic rings. The lowest BCUT2D eigenvalue weighted by molar-refractivity contribution is 0.0531. The third kappa shape index (κ3) is 5.01. The zero-order valence-electron chi connectivity index (χ0n) is 15.3. The number of ether oxygens (including phenoxy) is 1. The standard InChI is InChI=1S/C19H16FN5O2S2/c1-2-27-18(26)16-14(13(9-21)17(22)29-16)10-28-19-23-15(24-25-19)8-5-11-3-6-12(20)7-4-11/h3-8H,2,10,22H2,1H3,(H,23,24,25)/b8-5+. The topological polar surface area (TPSA) is 118 Å². The molecule has 7 nitrogen and oxygen atoms in total. The molecule has 0 fully saturated rings. The summed E-state index contributed by atoms with van der Waals surface area (Å²) in [6.45, 7) is 1.94. The lowest BCUT2D eigenvalue weighted by atomic mass is 10.2. The highest BCUT2D eigenvalue weighted by atomic mass is 32.2. The number of carbonyl (C=O) groups is 1. The number of halogens is 1. The van der Waals surface area contributed by atoms with Crippen LogP contribution in [0.15, 0.2) is 29.4 Å². The minimum atomic E-state index is -0.501. The number of aromatic nitrogens is 3. The minimum absolute atomic E-state index is 0.232. The van der Waals surface area contributed by atoms with Gasteiger partial charge in [0.1, 0.15) is 27.6 Å². The smallest absolute Gasteiger partial charge is 0.348 e. The summed E-state index contributed by atoms with van der Waals surface area (Å²) < 4.78 is 18.0. The summed E-state index contributed by atoms with van der Waals surface area (Å²) in [7, 11) is 0. The van der Waals surface area contributed by atoms with Crippen LogP contribution in [-0.2, 0) is 10.5 Å². The maximum absolute atomic E-state index is 12.9. The molecular formula is C19H16FN5O2S2. The quantitative estimate of drug-likeness (QED) is 0.429. The van der Waals surface area contributed by atoms with E-state index in [1.807, 2.05) is 6.07 Å². The summed E-state index contributed by atoms with van der Waals surface area (Å²) in [6.07, 6.45) is 3.50. The van der Waals surface area contributed by atoms with Crippen molar-refractivity contribution in [2.45, 2.75) is 17.8 Å². The SMILES string of the molecule is CCOC(=O)c1sc(N)c(C#N)c1CSc1n[nH]c(/C=C/c2ccc(F)cc2)n1. The Bertz CT molecular complexity index is 1080. The molecule has 0 radical (unpaired) electrons. The summed E-state index contributed by atoms with van der Waals surface area (Å²) in [5.74, 6) is 0.0180. The van der Waals surface area contributed by atoms with Crippen molar-refractivity contribution in [3.63, 3.8) is 0 Å². The molecule has 0 saturated carbocycles. The molecule has 0 aliphatic rings. The highest BCUT2D eigenvalue weighted by Gasteiger charge is 2.23. The van der Waals surface area contributed by atoms with E-state index in [-0.39, 0.29) is 23.0 Å². The number of anilines is 1. The number of nitrogens with two attached hydrogens (primary N) is 1. The number of nitrogens with one attached hydrogen (secondary N) is 1. The van der Waals surface area contributed by atoms with Gasteiger partial charge in [-0.15, -0.1) is 16.4 Å². The van der Waals surface area contributed by atoms with Gasteiger partial charge < -0.3 is 10.5 Å². The second kappa shape index (κ2) is 9.36. The number of hydrogen-bond donors (Lipinski definition) is 2. The van der Waals surface area contributed by atoms with Crippen LogP contribution in [0.4, 0.5) is 9.39 Å². The fourth-order valence-corrected chi connectivity index (χ4v) is 4.25. The lowest BCUT2D eigenvalue weighted by Gasteiger charge is -2.02. The summed E-state index contributed by atoms with van der Waals surface area (Å²) in [6, 6.07) is 8.10. The predicted molar refractivity (Wildman–Crippen MR) is 111 cm³/mol. The zero-order valence-corrected chi connectivity index (χ0v) is 16.9. The first-order valence-corrected chi connectivity index (χ1v) is 10.3. The number of esters is 1. The van der Waals surface area contributed by atoms with Gasteiger partial charge in [-0.3, -0.25) is 5.10 Å². The number of benzene rings is 1. The van der Waals surface area contributed by atoms with Crippen LogP contribution >= 0.6 is 23.1 Å². The van der Waals surface area contributed by atoms with Crippen molar-refractivity contribution >= 4 is 46.2 Å². The second-order valence-electron chi connectivity index (χ2n) is 5.66. The number of nitrogen functional groups attached to an aromatic ring is 1. The molecule has 10 heteroatoms. The molecule has 0 amide bonds. The van der Waals surface area contributed by atoms with Crippen LogP contribution in [0.1, 0.15) is 39.1 Å². The Morgan fingerprint density at radius 1 is 1.41 bits per heavy atom. The molecular weight excluding hydrogens is 413 g/mol. The Kier molecular flexibility index (Phi) is 6.64. The Morgan fingerprint density at radius 3 is 2.86 bits per heavy atom. The van der Waals surface area contributed by atoms with E-state index in [1.165, 1.54) is 23.9 Å². The number of thiophene rings is 1. The molecule has 0 aliphatic carbocycles. The molecule has 0 aliphatic heterocycles. The third-order valence-electron chi connectivity index (χ3n) is 3.74. The van der Waals surface area contributed by atoms with Crippen molar-refractivity contribution in [2.75, 3.05) is 12.3 Å². The van der Waals surface area contributed by atoms with Crippen LogP contribution < -0.4 is 5.73 Å². The van der Waals surface area contributed by atoms with Crippen LogP contribution in [0, 0.1) is 17.1 Å². The van der Waals surface area contributed by atoms with Crippen molar-refractivity contribution in [2.24, 2.45) is 0 Å². The highest BCUT2D eigenvalue weighted by molar-refractivity contribution is 7.98. The largest absolute Gasteiger partial charge is 0.462 e. The fraction of sp³-hybridized carbons (Fsp3) is 0.158. The molecule has 0 saturated heterocycles. The van der Waals surface area contributed by atoms with Gasteiger partial charge in [0.25, 0.3) is 0 Å². The summed E-state index contributed by atoms with van der Waals surface area (Å²) >= 11 is 2.31. The van der Waals surface area contributed by atoms with E-state index >= 15 is 0 Å². The van der Waals surface area contributed by atoms with E-state index < -0.39 is 5.97 Å². The van der Waals surface area contributed by atoms with Gasteiger partial charge in [0.2, 0.25) is 5.16 Å². The van der Waals surface area contributed by atoms with Gasteiger partial charge in [-0.2, -0.15) is 5.26 Å². The number of thioether (sulfide) groups is 1. The average Bonchev–Trinajstić information content (AvgIpc) is 3.29. The minimum Gasteiger partial charge on any atom is -0.462 e. The molecule has 2 aromatic heterocycles. The molecule has 1 aromatic carbocycles. The van der Waals surface area contributed by atoms with Crippen molar-refractivity contribution in [1.82, 2.24) is 15.2 Å². The number of carbonyl (C=O) groups excluding carboxylic acids is 1. The summed E-state index contributed by atoms with van der Waals surface area (Å²) in [5, 5.41) is 17.0. The van der Waals surface area contributed by atoms with Crippen molar-refractivity contribution < 1.29 is 13.9 Å². The molecule has 0 atom stereocenters. The number of aromatic amines is 1. The van der Waals surface area contributed by atoms with Gasteiger partial charge in [-0.1, -0.05) is 30.0 Å². The Hall–Kier alpha value is -3.16. The van der Waals surface area contributed by atoms with E-state index in [1.54, 1.807) is 31.2 Å². The number of nitrogens with zero attached hydrogens (tertiary/aromatic N) is 3. The number of rotatable bonds is 7. The Morgan fingerprint density at radius 2 is 2.17 bits per heavy atom. The normalized spacial score (nSPS) is 10.9. The highest BCUT2D eigenvalue weighted by Crippen LogP contribution is 2.35. The van der Waals surface area contributed by atoms with E-state index in [9.17, 15) is 14.4 Å². The average molecular weight is 430 g/mol. The van der Waals surface area contributed by atoms with Gasteiger partial charge in [-0.25, -0.2) is 14.2 Å². The third-order valence-corrected chi connectivity index (χ3v) is 5.65. The Balaban J connectivity index is 1.72. The van der Waals surface area contributed by atoms with Gasteiger partial charge in [0.05, 0.1) is 12.2 Å². The van der Waals surface area contributed by atoms with E-state index in [0.29, 0.717) is 27.2 Å². The second-order valence-corrected chi connectivity index (χ2v) is 7.65. The first-order chi connectivity index (χ1) is 14.0. The first kappa shape index (κ1) is 20.6. The molecule has 0 unspecified atom stereocenters. The molecule has 148 valence electrons. The molecule has 3 rings (SSSR count). The van der Waals surface area contributed by atoms with Crippen LogP contribution in [0.25, 0.3) is 12.2 Å². The van der Waals surface area contributed by atoms with E-state index in [4.69, 9.17) is 10.5 Å². The van der Waals surface area contributed by atoms with Crippen molar-refractivity contribution in [3.05, 3.63) is 57.5 Å². The lowest BCUT2D eigenvalue weighted by Crippen LogP contribution is -2.05. The number of hydrogen-bond acceptors (Lipinski definition) is 8. The van der Waals surface area contributed by atoms with E-state index in [0.717, 1.165) is 16.9 Å². The van der Waals surface area contributed by atoms with Gasteiger partial charge in [-0.05, 0) is 30.7 Å². The zero-order chi connectivity index (χ0) is 20.8. The summed E-state index contributed by atoms with van der Waals surface area (Å²) in [4.78, 5) is 16.8. The molecule has 29 heavy (non-hydrogen) atoms. The van der Waals surface area contributed by atoms with Crippen LogP contribution in [0.3, 0.4) is 0 Å². The molecule has 3 N–H and O–H groups in total. The maximum Gasteiger partial charge on any atom is 0.348 e. The Labute approximate surface area is 174 Å². The molecule has 0 spiro atoms. The fourth-order valence-electron chi connectivity index (χ4n) is 2.39. The first-order valence-electron chi connectivity index (χ1n) is 8.49. The van der Waals surface area contributed by atoms with Crippen LogP contribution in [-0.4, -0.2) is 27.8 Å². The monoisotopic (exact) mass is 429 g/mol. The van der Waals surface area contributed by atoms with Crippen molar-refractivity contribution in [1.29, 1.82) is 5.26 Å². The van der Waals surface area contributed by atoms with Gasteiger partial charge in [0, 0.05) is 11.3 Å². The van der Waals surface area contributed by atoms with Gasteiger partial charge >= 0.3 is 5.97 Å². The van der Waals surface area contributed by atoms with Crippen LogP contribution in [0.2, 0.25) is 0 Å². The number of nitriles is 1. The van der Waals surface area contributed by atoms with Gasteiger partial charge in [0.15, 0.2) is 0 Å². The van der Waals surface area contributed by atoms with E-state index in [2.05, 4.69) is 15.2 Å². The predicted octanol–water partition coefficient (Wildman–Crippen LogP) is 4.10. The van der Waals surface area contributed by atoms with Crippen molar-refractivity contribution in [3.8, 4) is 6.07 Å². The maximum atomic E-state index is 12.9.